The van der Waals surface area contributed by atoms with E-state index < -0.39 is 0 Å². The van der Waals surface area contributed by atoms with Gasteiger partial charge in [-0.05, 0) is 56.9 Å². The minimum absolute atomic E-state index is 0.423. The monoisotopic (exact) mass is 358 g/mol. The average Bonchev–Trinajstić information content (AvgIpc) is 3.35. The van der Waals surface area contributed by atoms with Gasteiger partial charge in [-0.2, -0.15) is 0 Å². The molecule has 0 saturated heterocycles. The summed E-state index contributed by atoms with van der Waals surface area (Å²) in [7, 11) is 0. The Kier molecular flexibility index (Phi) is 4.01. The maximum absolute atomic E-state index is 2.33. The summed E-state index contributed by atoms with van der Waals surface area (Å²) in [6.07, 6.45) is 0. The summed E-state index contributed by atoms with van der Waals surface area (Å²) >= 11 is 7.36. The van der Waals surface area contributed by atoms with Crippen LogP contribution in [0.15, 0.2) is 57.9 Å². The van der Waals surface area contributed by atoms with Crippen LogP contribution < -0.4 is 0 Å². The fraction of sp³-hybridized carbons (Fsp3) is 0.111. The van der Waals surface area contributed by atoms with E-state index in [2.05, 4.69) is 64.8 Å². The van der Waals surface area contributed by atoms with E-state index in [4.69, 9.17) is 0 Å². The van der Waals surface area contributed by atoms with E-state index in [0.717, 1.165) is 0 Å². The topological polar surface area (TPSA) is 0 Å². The van der Waals surface area contributed by atoms with E-state index in [1.807, 2.05) is 45.3 Å². The molecule has 22 heavy (non-hydrogen) atoms. The molecule has 0 fully saturated rings. The fourth-order valence-corrected chi connectivity index (χ4v) is 6.48. The van der Waals surface area contributed by atoms with E-state index in [0.29, 0.717) is 5.92 Å². The lowest BCUT2D eigenvalue weighted by atomic mass is 9.93. The van der Waals surface area contributed by atoms with Gasteiger partial charge in [0.2, 0.25) is 0 Å². The first-order chi connectivity index (χ1) is 10.8. The average molecular weight is 359 g/mol. The van der Waals surface area contributed by atoms with Gasteiger partial charge in [-0.3, -0.25) is 0 Å². The van der Waals surface area contributed by atoms with Crippen molar-refractivity contribution in [2.45, 2.75) is 12.8 Å². The van der Waals surface area contributed by atoms with E-state index in [9.17, 15) is 0 Å². The third-order valence-corrected chi connectivity index (χ3v) is 7.77. The first-order valence-corrected chi connectivity index (χ1v) is 10.6. The molecule has 4 aromatic rings. The highest BCUT2D eigenvalue weighted by molar-refractivity contribution is 7.21. The van der Waals surface area contributed by atoms with Crippen molar-refractivity contribution in [3.8, 4) is 19.5 Å². The first kappa shape index (κ1) is 14.4. The van der Waals surface area contributed by atoms with Crippen LogP contribution in [-0.2, 0) is 0 Å². The third-order valence-electron chi connectivity index (χ3n) is 3.81. The maximum atomic E-state index is 2.33. The lowest BCUT2D eigenvalue weighted by Crippen LogP contribution is -1.95. The highest BCUT2D eigenvalue weighted by atomic mass is 32.1. The highest BCUT2D eigenvalue weighted by Crippen LogP contribution is 2.43. The molecule has 4 heteroatoms. The molecule has 0 bridgehead atoms. The predicted octanol–water partition coefficient (Wildman–Crippen LogP) is 7.42. The van der Waals surface area contributed by atoms with Crippen LogP contribution in [0.2, 0.25) is 0 Å². The summed E-state index contributed by atoms with van der Waals surface area (Å²) in [5.74, 6) is 0.423. The van der Waals surface area contributed by atoms with Gasteiger partial charge in [-0.1, -0.05) is 19.1 Å². The van der Waals surface area contributed by atoms with Gasteiger partial charge in [0, 0.05) is 25.4 Å². The second-order valence-corrected chi connectivity index (χ2v) is 8.81. The van der Waals surface area contributed by atoms with Crippen molar-refractivity contribution in [2.75, 3.05) is 0 Å². The van der Waals surface area contributed by atoms with Gasteiger partial charge >= 0.3 is 0 Å². The maximum Gasteiger partial charge on any atom is 0.0480 e. The Morgan fingerprint density at radius 1 is 0.636 bits per heavy atom. The molecular formula is C18H14S4. The second kappa shape index (κ2) is 6.13. The Bertz CT molecular complexity index is 774. The number of hydrogen-bond donors (Lipinski definition) is 0. The molecule has 0 aliphatic carbocycles. The molecule has 4 rings (SSSR count). The van der Waals surface area contributed by atoms with Crippen LogP contribution in [0.1, 0.15) is 24.0 Å². The van der Waals surface area contributed by atoms with Gasteiger partial charge in [0.05, 0.1) is 0 Å². The first-order valence-electron chi connectivity index (χ1n) is 7.07. The summed E-state index contributed by atoms with van der Waals surface area (Å²) in [6.45, 7) is 2.33. The zero-order chi connectivity index (χ0) is 14.9. The van der Waals surface area contributed by atoms with Crippen molar-refractivity contribution >= 4 is 45.3 Å². The number of hydrogen-bond acceptors (Lipinski definition) is 4. The molecule has 4 heterocycles. The van der Waals surface area contributed by atoms with Crippen LogP contribution in [0.3, 0.4) is 0 Å². The lowest BCUT2D eigenvalue weighted by Gasteiger charge is -2.13. The lowest BCUT2D eigenvalue weighted by molar-refractivity contribution is 0.940. The zero-order valence-corrected chi connectivity index (χ0v) is 15.2. The molecule has 0 aliphatic rings. The van der Waals surface area contributed by atoms with Gasteiger partial charge < -0.3 is 0 Å². The summed E-state index contributed by atoms with van der Waals surface area (Å²) in [5, 5.41) is 8.76. The van der Waals surface area contributed by atoms with Crippen LogP contribution in [-0.4, -0.2) is 0 Å². The van der Waals surface area contributed by atoms with Crippen molar-refractivity contribution < 1.29 is 0 Å². The van der Waals surface area contributed by atoms with E-state index >= 15 is 0 Å². The van der Waals surface area contributed by atoms with Gasteiger partial charge in [0.25, 0.3) is 0 Å². The standard InChI is InChI=1S/C18H14S4/c1-12(13-6-10-21-17(13)15-4-2-8-19-15)14-7-11-22-18(14)16-5-3-9-20-16/h2-12H,1H3. The SMILES string of the molecule is CC(c1ccsc1-c1cccs1)c1ccsc1-c1cccs1. The summed E-state index contributed by atoms with van der Waals surface area (Å²) in [6, 6.07) is 13.3. The summed E-state index contributed by atoms with van der Waals surface area (Å²) < 4.78 is 0. The predicted molar refractivity (Wildman–Crippen MR) is 103 cm³/mol. The second-order valence-electron chi connectivity index (χ2n) is 5.09. The summed E-state index contributed by atoms with van der Waals surface area (Å²) in [4.78, 5) is 5.60. The van der Waals surface area contributed by atoms with Crippen LogP contribution in [0.25, 0.3) is 19.5 Å². The van der Waals surface area contributed by atoms with Crippen molar-refractivity contribution in [2.24, 2.45) is 0 Å². The molecule has 4 aromatic heterocycles. The third kappa shape index (κ3) is 2.50. The Morgan fingerprint density at radius 3 is 1.55 bits per heavy atom. The number of rotatable bonds is 4. The van der Waals surface area contributed by atoms with Gasteiger partial charge in [0.15, 0.2) is 0 Å². The van der Waals surface area contributed by atoms with Gasteiger partial charge in [-0.25, -0.2) is 0 Å². The molecule has 110 valence electrons. The van der Waals surface area contributed by atoms with Crippen LogP contribution in [0, 0.1) is 0 Å². The number of thiophene rings is 4. The smallest absolute Gasteiger partial charge is 0.0480 e. The van der Waals surface area contributed by atoms with E-state index in [-0.39, 0.29) is 0 Å². The Balaban J connectivity index is 1.77. The largest absolute Gasteiger partial charge is 0.143 e. The normalized spacial score (nSPS) is 11.4. The van der Waals surface area contributed by atoms with Crippen molar-refractivity contribution in [1.82, 2.24) is 0 Å². The molecule has 0 spiro atoms. The molecule has 0 aromatic carbocycles. The molecule has 0 N–H and O–H groups in total. The quantitative estimate of drug-likeness (QED) is 0.356. The van der Waals surface area contributed by atoms with Crippen molar-refractivity contribution in [1.29, 1.82) is 0 Å². The Morgan fingerprint density at radius 2 is 1.14 bits per heavy atom. The van der Waals surface area contributed by atoms with E-state index in [1.165, 1.54) is 30.6 Å². The Hall–Kier alpha value is -1.20. The Labute approximate surface area is 146 Å². The van der Waals surface area contributed by atoms with Crippen molar-refractivity contribution in [3.63, 3.8) is 0 Å². The van der Waals surface area contributed by atoms with Crippen LogP contribution in [0.5, 0.6) is 0 Å². The highest BCUT2D eigenvalue weighted by Gasteiger charge is 2.20. The molecule has 0 radical (unpaired) electrons. The van der Waals surface area contributed by atoms with Gasteiger partial charge in [-0.15, -0.1) is 45.3 Å². The molecule has 0 saturated carbocycles. The van der Waals surface area contributed by atoms with E-state index in [1.54, 1.807) is 0 Å². The fourth-order valence-electron chi connectivity index (χ4n) is 2.70. The van der Waals surface area contributed by atoms with Crippen molar-refractivity contribution in [3.05, 3.63) is 69.0 Å². The molecule has 0 atom stereocenters. The molecule has 0 amide bonds. The zero-order valence-electron chi connectivity index (χ0n) is 12.0. The minimum atomic E-state index is 0.423. The van der Waals surface area contributed by atoms with Gasteiger partial charge in [0.1, 0.15) is 0 Å². The summed E-state index contributed by atoms with van der Waals surface area (Å²) in [5.41, 5.74) is 2.90. The van der Waals surface area contributed by atoms with Crippen LogP contribution in [0.4, 0.5) is 0 Å². The molecule has 0 nitrogen and oxygen atoms in total. The molecule has 0 aliphatic heterocycles. The van der Waals surface area contributed by atoms with Crippen LogP contribution >= 0.6 is 45.3 Å². The molecular weight excluding hydrogens is 344 g/mol. The minimum Gasteiger partial charge on any atom is -0.143 e. The molecule has 0 unspecified atom stereocenters.